The molecule has 1 amide bonds. The molecule has 1 aliphatic rings. The highest BCUT2D eigenvalue weighted by atomic mass is 32.2. The minimum absolute atomic E-state index is 0.0934. The topological polar surface area (TPSA) is 70.7 Å². The van der Waals surface area contributed by atoms with E-state index in [-0.39, 0.29) is 11.7 Å². The summed E-state index contributed by atoms with van der Waals surface area (Å²) in [7, 11) is 0. The lowest BCUT2D eigenvalue weighted by Gasteiger charge is -2.19. The van der Waals surface area contributed by atoms with Crippen LogP contribution in [-0.4, -0.2) is 21.2 Å². The zero-order valence-electron chi connectivity index (χ0n) is 16.7. The number of nitrogens with zero attached hydrogens (tertiary/aromatic N) is 3. The molecule has 2 heterocycles. The summed E-state index contributed by atoms with van der Waals surface area (Å²) in [6.45, 7) is 4.01. The van der Waals surface area contributed by atoms with Gasteiger partial charge < -0.3 is 9.88 Å². The highest BCUT2D eigenvalue weighted by Gasteiger charge is 2.26. The molecule has 1 N–H and O–H groups in total. The summed E-state index contributed by atoms with van der Waals surface area (Å²) in [5.74, 6) is 0.857. The Labute approximate surface area is 175 Å². The van der Waals surface area contributed by atoms with E-state index < -0.39 is 0 Å². The number of anilines is 1. The van der Waals surface area contributed by atoms with E-state index in [9.17, 15) is 10.1 Å². The van der Waals surface area contributed by atoms with E-state index in [4.69, 9.17) is 0 Å². The summed E-state index contributed by atoms with van der Waals surface area (Å²) >= 11 is 1.50. The second kappa shape index (κ2) is 8.30. The summed E-state index contributed by atoms with van der Waals surface area (Å²) in [6.07, 6.45) is 6.36. The molecule has 4 rings (SSSR count). The number of fused-ring (bicyclic) bond motifs is 1. The van der Waals surface area contributed by atoms with Gasteiger partial charge in [0, 0.05) is 28.2 Å². The number of nitriles is 1. The molecule has 0 aliphatic heterocycles. The van der Waals surface area contributed by atoms with Crippen LogP contribution in [0.15, 0.2) is 41.4 Å². The lowest BCUT2D eigenvalue weighted by atomic mass is 10.2. The fourth-order valence-corrected chi connectivity index (χ4v) is 5.06. The highest BCUT2D eigenvalue weighted by molar-refractivity contribution is 8.00. The summed E-state index contributed by atoms with van der Waals surface area (Å²) in [6, 6.07) is 12.5. The Hall–Kier alpha value is -2.78. The molecule has 0 radical (unpaired) electrons. The summed E-state index contributed by atoms with van der Waals surface area (Å²) < 4.78 is 2.19. The maximum atomic E-state index is 12.8. The van der Waals surface area contributed by atoms with Crippen molar-refractivity contribution in [2.24, 2.45) is 0 Å². The Bertz CT molecular complexity index is 1100. The van der Waals surface area contributed by atoms with E-state index in [1.807, 2.05) is 44.2 Å². The molecular weight excluding hydrogens is 380 g/mol. The normalized spacial score (nSPS) is 14.2. The van der Waals surface area contributed by atoms with Crippen molar-refractivity contribution in [3.05, 3.63) is 53.3 Å². The van der Waals surface area contributed by atoms with Crippen LogP contribution < -0.4 is 5.32 Å². The molecule has 3 aromatic rings. The van der Waals surface area contributed by atoms with Crippen LogP contribution in [-0.2, 0) is 4.79 Å². The smallest absolute Gasteiger partial charge is 0.235 e. The van der Waals surface area contributed by atoms with Gasteiger partial charge in [-0.25, -0.2) is 0 Å². The summed E-state index contributed by atoms with van der Waals surface area (Å²) in [5, 5.41) is 13.8. The molecule has 0 saturated heterocycles. The molecule has 1 aliphatic carbocycles. The Morgan fingerprint density at radius 3 is 2.79 bits per heavy atom. The van der Waals surface area contributed by atoms with Gasteiger partial charge in [0.05, 0.1) is 16.8 Å². The third-order valence-corrected chi connectivity index (χ3v) is 6.86. The van der Waals surface area contributed by atoms with Crippen LogP contribution in [0.5, 0.6) is 0 Å². The zero-order valence-corrected chi connectivity index (χ0v) is 17.6. The van der Waals surface area contributed by atoms with Gasteiger partial charge in [-0.2, -0.15) is 5.26 Å². The van der Waals surface area contributed by atoms with E-state index in [0.29, 0.717) is 17.4 Å². The fraction of sp³-hybridized carbons (Fsp3) is 0.348. The van der Waals surface area contributed by atoms with Crippen molar-refractivity contribution in [2.75, 3.05) is 11.1 Å². The average Bonchev–Trinajstić information content (AvgIpc) is 3.33. The van der Waals surface area contributed by atoms with E-state index in [1.54, 1.807) is 6.20 Å². The molecule has 29 heavy (non-hydrogen) atoms. The number of hydrogen-bond acceptors (Lipinski definition) is 4. The molecule has 148 valence electrons. The number of hydrogen-bond donors (Lipinski definition) is 1. The van der Waals surface area contributed by atoms with Crippen LogP contribution >= 0.6 is 11.8 Å². The molecule has 0 spiro atoms. The van der Waals surface area contributed by atoms with Crippen LogP contribution in [0.3, 0.4) is 0 Å². The van der Waals surface area contributed by atoms with E-state index >= 15 is 0 Å². The van der Waals surface area contributed by atoms with Crippen molar-refractivity contribution >= 4 is 34.4 Å². The van der Waals surface area contributed by atoms with Gasteiger partial charge in [0.25, 0.3) is 0 Å². The number of para-hydroxylation sites is 1. The zero-order chi connectivity index (χ0) is 20.4. The Morgan fingerprint density at radius 2 is 2.03 bits per heavy atom. The average molecular weight is 405 g/mol. The molecule has 1 fully saturated rings. The molecule has 0 bridgehead atoms. The number of amides is 1. The SMILES string of the molecule is Cc1c(C#N)c(NC(=O)CSc2ccnc3ccccc23)n(C2CCCC2)c1C. The van der Waals surface area contributed by atoms with Crippen LogP contribution in [0, 0.1) is 25.2 Å². The van der Waals surface area contributed by atoms with Crippen LogP contribution in [0.2, 0.25) is 0 Å². The number of rotatable bonds is 5. The largest absolute Gasteiger partial charge is 0.327 e. The first-order valence-electron chi connectivity index (χ1n) is 9.98. The number of thioether (sulfide) groups is 1. The van der Waals surface area contributed by atoms with Crippen LogP contribution in [0.4, 0.5) is 5.82 Å². The molecule has 0 unspecified atom stereocenters. The summed E-state index contributed by atoms with van der Waals surface area (Å²) in [4.78, 5) is 18.2. The van der Waals surface area contributed by atoms with Gasteiger partial charge in [-0.1, -0.05) is 31.0 Å². The van der Waals surface area contributed by atoms with Gasteiger partial charge in [0.2, 0.25) is 5.91 Å². The maximum Gasteiger partial charge on any atom is 0.235 e. The van der Waals surface area contributed by atoms with Gasteiger partial charge >= 0.3 is 0 Å². The van der Waals surface area contributed by atoms with Crippen LogP contribution in [0.1, 0.15) is 48.5 Å². The van der Waals surface area contributed by atoms with Crippen molar-refractivity contribution in [1.82, 2.24) is 9.55 Å². The quantitative estimate of drug-likeness (QED) is 0.580. The first kappa shape index (κ1) is 19.5. The second-order valence-corrected chi connectivity index (χ2v) is 8.53. The van der Waals surface area contributed by atoms with Gasteiger partial charge in [-0.15, -0.1) is 11.8 Å². The van der Waals surface area contributed by atoms with E-state index in [0.717, 1.165) is 39.9 Å². The monoisotopic (exact) mass is 404 g/mol. The lowest BCUT2D eigenvalue weighted by Crippen LogP contribution is -2.19. The first-order chi connectivity index (χ1) is 14.1. The third kappa shape index (κ3) is 3.75. The van der Waals surface area contributed by atoms with E-state index in [1.165, 1.54) is 24.6 Å². The van der Waals surface area contributed by atoms with Gasteiger partial charge in [-0.3, -0.25) is 9.78 Å². The first-order valence-corrected chi connectivity index (χ1v) is 11.0. The van der Waals surface area contributed by atoms with Crippen molar-refractivity contribution in [3.63, 3.8) is 0 Å². The van der Waals surface area contributed by atoms with Crippen molar-refractivity contribution in [3.8, 4) is 6.07 Å². The van der Waals surface area contributed by atoms with Crippen LogP contribution in [0.25, 0.3) is 10.9 Å². The summed E-state index contributed by atoms with van der Waals surface area (Å²) in [5.41, 5.74) is 3.55. The lowest BCUT2D eigenvalue weighted by molar-refractivity contribution is -0.113. The minimum atomic E-state index is -0.0934. The standard InChI is InChI=1S/C23H24N4OS/c1-15-16(2)27(17-7-3-4-8-17)23(19(15)13-24)26-22(28)14-29-21-11-12-25-20-10-6-5-9-18(20)21/h5-6,9-12,17H,3-4,7-8,14H2,1-2H3,(H,26,28). The number of benzene rings is 1. The third-order valence-electron chi connectivity index (χ3n) is 5.78. The number of carbonyl (C=O) groups excluding carboxylic acids is 1. The number of nitrogens with one attached hydrogen (secondary N) is 1. The van der Waals surface area contributed by atoms with E-state index in [2.05, 4.69) is 20.9 Å². The number of aromatic nitrogens is 2. The molecular formula is C23H24N4OS. The highest BCUT2D eigenvalue weighted by Crippen LogP contribution is 2.38. The maximum absolute atomic E-state index is 12.8. The Kier molecular flexibility index (Phi) is 5.59. The number of pyridine rings is 1. The van der Waals surface area contributed by atoms with Gasteiger partial charge in [0.1, 0.15) is 11.9 Å². The van der Waals surface area contributed by atoms with Crippen molar-refractivity contribution < 1.29 is 4.79 Å². The van der Waals surface area contributed by atoms with Crippen molar-refractivity contribution in [1.29, 1.82) is 5.26 Å². The second-order valence-electron chi connectivity index (χ2n) is 7.52. The van der Waals surface area contributed by atoms with Gasteiger partial charge in [0.15, 0.2) is 0 Å². The predicted octanol–water partition coefficient (Wildman–Crippen LogP) is 5.37. The molecule has 5 nitrogen and oxygen atoms in total. The molecule has 0 atom stereocenters. The molecule has 2 aromatic heterocycles. The molecule has 6 heteroatoms. The van der Waals surface area contributed by atoms with Gasteiger partial charge in [-0.05, 0) is 44.4 Å². The van der Waals surface area contributed by atoms with Crippen molar-refractivity contribution in [2.45, 2.75) is 50.5 Å². The molecule has 1 aromatic carbocycles. The Morgan fingerprint density at radius 1 is 1.28 bits per heavy atom. The minimum Gasteiger partial charge on any atom is -0.327 e. The fourth-order valence-electron chi connectivity index (χ4n) is 4.21. The molecule has 1 saturated carbocycles. The number of carbonyl (C=O) groups is 1. The Balaban J connectivity index is 1.55. The predicted molar refractivity (Wildman–Crippen MR) is 117 cm³/mol.